The van der Waals surface area contributed by atoms with E-state index in [1.165, 1.54) is 0 Å². The summed E-state index contributed by atoms with van der Waals surface area (Å²) in [5.41, 5.74) is 0.964. The van der Waals surface area contributed by atoms with E-state index >= 15 is 0 Å². The molecular weight excluding hydrogens is 166 g/mol. The first-order valence-electron chi connectivity index (χ1n) is 4.07. The monoisotopic (exact) mass is 173 g/mol. The summed E-state index contributed by atoms with van der Waals surface area (Å²) >= 11 is 0. The van der Waals surface area contributed by atoms with Gasteiger partial charge in [0, 0.05) is 12.6 Å². The van der Waals surface area contributed by atoms with Crippen LogP contribution < -0.4 is 4.90 Å². The molecule has 2 aliphatic rings. The van der Waals surface area contributed by atoms with Gasteiger partial charge in [-0.05, 0) is 6.07 Å². The number of carbonyl (C=O) groups excluding carboxylic acids is 1. The molecule has 0 saturated carbocycles. The highest BCUT2D eigenvalue weighted by Crippen LogP contribution is 2.50. The molecular formula is C9H7N3O. The van der Waals surface area contributed by atoms with E-state index in [-0.39, 0.29) is 5.91 Å². The van der Waals surface area contributed by atoms with Crippen molar-refractivity contribution >= 4 is 11.6 Å². The number of hydrogen-bond donors (Lipinski definition) is 0. The molecule has 1 amide bonds. The summed E-state index contributed by atoms with van der Waals surface area (Å²) in [6.45, 7) is 0. The van der Waals surface area contributed by atoms with Crippen LogP contribution in [0.15, 0.2) is 34.5 Å². The predicted octanol–water partition coefficient (Wildman–Crippen LogP) is 1.28. The van der Waals surface area contributed by atoms with Crippen LogP contribution in [0.1, 0.15) is 5.56 Å². The minimum atomic E-state index is -0.856. The van der Waals surface area contributed by atoms with E-state index in [2.05, 4.69) is 10.2 Å². The lowest BCUT2D eigenvalue weighted by Crippen LogP contribution is -2.28. The maximum absolute atomic E-state index is 11.7. The van der Waals surface area contributed by atoms with Crippen LogP contribution in [0.5, 0.6) is 0 Å². The Morgan fingerprint density at radius 3 is 2.69 bits per heavy atom. The molecule has 64 valence electrons. The number of likely N-dealkylation sites (N-methyl/N-ethyl adjacent to an activating group) is 1. The fraction of sp³-hybridized carbons (Fsp3) is 0.222. The molecule has 0 unspecified atom stereocenters. The molecule has 3 rings (SSSR count). The third kappa shape index (κ3) is 0.601. The number of benzene rings is 1. The predicted molar refractivity (Wildman–Crippen MR) is 46.4 cm³/mol. The van der Waals surface area contributed by atoms with Crippen molar-refractivity contribution < 1.29 is 4.79 Å². The van der Waals surface area contributed by atoms with Gasteiger partial charge in [-0.15, -0.1) is 10.2 Å². The highest BCUT2D eigenvalue weighted by atomic mass is 16.2. The van der Waals surface area contributed by atoms with Crippen molar-refractivity contribution in [2.24, 2.45) is 10.2 Å². The van der Waals surface area contributed by atoms with Crippen molar-refractivity contribution in [2.75, 3.05) is 11.9 Å². The zero-order valence-corrected chi connectivity index (χ0v) is 7.06. The summed E-state index contributed by atoms with van der Waals surface area (Å²) in [5.74, 6) is -0.0475. The normalized spacial score (nSPS) is 21.0. The number of para-hydroxylation sites is 1. The highest BCUT2D eigenvalue weighted by molar-refractivity contribution is 6.08. The second kappa shape index (κ2) is 1.79. The van der Waals surface area contributed by atoms with Gasteiger partial charge in [0.25, 0.3) is 11.6 Å². The van der Waals surface area contributed by atoms with Gasteiger partial charge in [-0.2, -0.15) is 0 Å². The maximum atomic E-state index is 11.7. The summed E-state index contributed by atoms with van der Waals surface area (Å²) in [4.78, 5) is 13.3. The first-order valence-corrected chi connectivity index (χ1v) is 4.07. The lowest BCUT2D eigenvalue weighted by molar-refractivity contribution is -0.120. The first kappa shape index (κ1) is 6.77. The van der Waals surface area contributed by atoms with Crippen LogP contribution in [0.4, 0.5) is 5.69 Å². The van der Waals surface area contributed by atoms with Gasteiger partial charge in [-0.3, -0.25) is 4.79 Å². The number of fused-ring (bicyclic) bond motifs is 2. The Hall–Kier alpha value is -1.71. The second-order valence-electron chi connectivity index (χ2n) is 3.25. The topological polar surface area (TPSA) is 45.0 Å². The van der Waals surface area contributed by atoms with Crippen LogP contribution in [0.3, 0.4) is 0 Å². The van der Waals surface area contributed by atoms with E-state index in [1.54, 1.807) is 11.9 Å². The summed E-state index contributed by atoms with van der Waals surface area (Å²) in [7, 11) is 1.75. The van der Waals surface area contributed by atoms with Gasteiger partial charge in [-0.25, -0.2) is 0 Å². The molecule has 0 N–H and O–H groups in total. The molecule has 4 nitrogen and oxygen atoms in total. The molecule has 2 heterocycles. The standard InChI is InChI=1S/C9H7N3O/c1-12-7-5-3-2-4-6(7)9(8(12)13)10-11-9/h2-5H,1H3. The SMILES string of the molecule is CN1C(=O)C2(N=N2)c2ccccc21. The summed E-state index contributed by atoms with van der Waals surface area (Å²) < 4.78 is 0. The Labute approximate surface area is 74.9 Å². The quantitative estimate of drug-likeness (QED) is 0.582. The van der Waals surface area contributed by atoms with Gasteiger partial charge in [0.1, 0.15) is 0 Å². The van der Waals surface area contributed by atoms with Gasteiger partial charge < -0.3 is 4.90 Å². The van der Waals surface area contributed by atoms with Crippen LogP contribution in [-0.4, -0.2) is 13.0 Å². The molecule has 0 bridgehead atoms. The summed E-state index contributed by atoms with van der Waals surface area (Å²) in [6, 6.07) is 7.61. The zero-order chi connectivity index (χ0) is 9.05. The number of hydrogen-bond acceptors (Lipinski definition) is 3. The van der Waals surface area contributed by atoms with Gasteiger partial charge in [0.05, 0.1) is 5.69 Å². The van der Waals surface area contributed by atoms with Crippen LogP contribution in [0.2, 0.25) is 0 Å². The zero-order valence-electron chi connectivity index (χ0n) is 7.06. The van der Waals surface area contributed by atoms with Crippen LogP contribution in [0.25, 0.3) is 0 Å². The van der Waals surface area contributed by atoms with Crippen molar-refractivity contribution in [3.8, 4) is 0 Å². The van der Waals surface area contributed by atoms with E-state index in [9.17, 15) is 4.79 Å². The molecule has 0 aliphatic carbocycles. The van der Waals surface area contributed by atoms with E-state index in [0.717, 1.165) is 11.3 Å². The molecule has 2 aliphatic heterocycles. The molecule has 1 spiro atoms. The number of anilines is 1. The van der Waals surface area contributed by atoms with Gasteiger partial charge in [-0.1, -0.05) is 18.2 Å². The minimum Gasteiger partial charge on any atom is -0.311 e. The molecule has 0 aromatic heterocycles. The Morgan fingerprint density at radius 1 is 1.31 bits per heavy atom. The number of amides is 1. The molecule has 0 radical (unpaired) electrons. The molecule has 4 heteroatoms. The van der Waals surface area contributed by atoms with Crippen LogP contribution in [0, 0.1) is 0 Å². The Balaban J connectivity index is 2.28. The van der Waals surface area contributed by atoms with Gasteiger partial charge in [0.15, 0.2) is 0 Å². The average Bonchev–Trinajstić information content (AvgIpc) is 2.93. The molecule has 0 atom stereocenters. The average molecular weight is 173 g/mol. The highest BCUT2D eigenvalue weighted by Gasteiger charge is 2.58. The van der Waals surface area contributed by atoms with Gasteiger partial charge >= 0.3 is 0 Å². The van der Waals surface area contributed by atoms with E-state index < -0.39 is 5.66 Å². The van der Waals surface area contributed by atoms with Crippen molar-refractivity contribution in [1.82, 2.24) is 0 Å². The van der Waals surface area contributed by atoms with Crippen molar-refractivity contribution in [3.63, 3.8) is 0 Å². The third-order valence-electron chi connectivity index (χ3n) is 2.54. The minimum absolute atomic E-state index is 0.0475. The van der Waals surface area contributed by atoms with E-state index in [4.69, 9.17) is 0 Å². The Kier molecular flexibility index (Phi) is 0.931. The third-order valence-corrected chi connectivity index (χ3v) is 2.54. The first-order chi connectivity index (χ1) is 6.26. The number of nitrogens with zero attached hydrogens (tertiary/aromatic N) is 3. The molecule has 1 aromatic carbocycles. The number of carbonyl (C=O) groups is 1. The Bertz CT molecular complexity index is 432. The largest absolute Gasteiger partial charge is 0.311 e. The van der Waals surface area contributed by atoms with Gasteiger partial charge in [0.2, 0.25) is 0 Å². The fourth-order valence-corrected chi connectivity index (χ4v) is 1.76. The number of rotatable bonds is 0. The van der Waals surface area contributed by atoms with Crippen LogP contribution >= 0.6 is 0 Å². The lowest BCUT2D eigenvalue weighted by atomic mass is 10.1. The second-order valence-corrected chi connectivity index (χ2v) is 3.25. The van der Waals surface area contributed by atoms with Crippen molar-refractivity contribution in [1.29, 1.82) is 0 Å². The van der Waals surface area contributed by atoms with Crippen LogP contribution in [-0.2, 0) is 10.5 Å². The fourth-order valence-electron chi connectivity index (χ4n) is 1.76. The molecule has 0 fully saturated rings. The summed E-state index contributed by atoms with van der Waals surface area (Å²) in [5, 5.41) is 7.68. The van der Waals surface area contributed by atoms with E-state index in [0.29, 0.717) is 0 Å². The molecule has 1 aromatic rings. The smallest absolute Gasteiger partial charge is 0.295 e. The van der Waals surface area contributed by atoms with Crippen molar-refractivity contribution in [3.05, 3.63) is 29.8 Å². The summed E-state index contributed by atoms with van der Waals surface area (Å²) in [6.07, 6.45) is 0. The molecule has 13 heavy (non-hydrogen) atoms. The Morgan fingerprint density at radius 2 is 2.00 bits per heavy atom. The van der Waals surface area contributed by atoms with E-state index in [1.807, 2.05) is 24.3 Å². The van der Waals surface area contributed by atoms with Crippen molar-refractivity contribution in [2.45, 2.75) is 5.66 Å². The lowest BCUT2D eigenvalue weighted by Gasteiger charge is -2.07. The molecule has 0 saturated heterocycles. The maximum Gasteiger partial charge on any atom is 0.295 e.